The van der Waals surface area contributed by atoms with E-state index >= 15 is 0 Å². The first-order valence-electron chi connectivity index (χ1n) is 8.63. The van der Waals surface area contributed by atoms with Crippen molar-refractivity contribution < 1.29 is 9.59 Å². The molecule has 4 heteroatoms. The van der Waals surface area contributed by atoms with E-state index in [0.717, 1.165) is 11.1 Å². The lowest BCUT2D eigenvalue weighted by molar-refractivity contribution is -0.114. The normalized spacial score (nSPS) is 10.9. The number of benzene rings is 3. The highest BCUT2D eigenvalue weighted by molar-refractivity contribution is 6.29. The lowest BCUT2D eigenvalue weighted by atomic mass is 10.0. The third-order valence-corrected chi connectivity index (χ3v) is 3.88. The fourth-order valence-electron chi connectivity index (χ4n) is 2.69. The van der Waals surface area contributed by atoms with E-state index in [4.69, 9.17) is 0 Å². The molecule has 0 aliphatic heterocycles. The highest BCUT2D eigenvalue weighted by Gasteiger charge is 2.13. The molecule has 3 aromatic rings. The Labute approximate surface area is 158 Å². The van der Waals surface area contributed by atoms with Crippen molar-refractivity contribution in [3.05, 3.63) is 96.1 Å². The molecule has 0 spiro atoms. The van der Waals surface area contributed by atoms with Crippen LogP contribution >= 0.6 is 0 Å². The molecule has 0 saturated carbocycles. The number of rotatable bonds is 5. The SMILES string of the molecule is CC(=O)Nc1cccc(NC(=O)C(=Cc2ccccc2)c2ccccc2)c1. The van der Waals surface area contributed by atoms with Gasteiger partial charge in [0.05, 0.1) is 0 Å². The van der Waals surface area contributed by atoms with Gasteiger partial charge in [-0.15, -0.1) is 0 Å². The zero-order valence-electron chi connectivity index (χ0n) is 15.0. The molecule has 0 aliphatic rings. The summed E-state index contributed by atoms with van der Waals surface area (Å²) in [7, 11) is 0. The van der Waals surface area contributed by atoms with Gasteiger partial charge in [0.2, 0.25) is 5.91 Å². The monoisotopic (exact) mass is 356 g/mol. The molecule has 0 aliphatic carbocycles. The molecule has 2 amide bonds. The highest BCUT2D eigenvalue weighted by Crippen LogP contribution is 2.22. The molecule has 0 heterocycles. The first kappa shape index (κ1) is 18.1. The molecule has 3 rings (SSSR count). The Hall–Kier alpha value is -3.66. The van der Waals surface area contributed by atoms with Gasteiger partial charge < -0.3 is 10.6 Å². The molecule has 0 radical (unpaired) electrons. The summed E-state index contributed by atoms with van der Waals surface area (Å²) in [4.78, 5) is 24.2. The van der Waals surface area contributed by atoms with Gasteiger partial charge in [0.15, 0.2) is 0 Å². The third-order valence-electron chi connectivity index (χ3n) is 3.88. The molecule has 3 aromatic carbocycles. The predicted molar refractivity (Wildman–Crippen MR) is 110 cm³/mol. The fraction of sp³-hybridized carbons (Fsp3) is 0.0435. The highest BCUT2D eigenvalue weighted by atomic mass is 16.2. The van der Waals surface area contributed by atoms with E-state index in [1.54, 1.807) is 24.3 Å². The second-order valence-corrected chi connectivity index (χ2v) is 6.05. The van der Waals surface area contributed by atoms with Crippen molar-refractivity contribution in [3.8, 4) is 0 Å². The quantitative estimate of drug-likeness (QED) is 0.508. The van der Waals surface area contributed by atoms with E-state index in [2.05, 4.69) is 10.6 Å². The zero-order valence-corrected chi connectivity index (χ0v) is 15.0. The Morgan fingerprint density at radius 2 is 1.33 bits per heavy atom. The van der Waals surface area contributed by atoms with Crippen LogP contribution in [-0.2, 0) is 9.59 Å². The van der Waals surface area contributed by atoms with Gasteiger partial charge >= 0.3 is 0 Å². The molecule has 27 heavy (non-hydrogen) atoms. The van der Waals surface area contributed by atoms with E-state index in [9.17, 15) is 9.59 Å². The van der Waals surface area contributed by atoms with Gasteiger partial charge in [-0.25, -0.2) is 0 Å². The zero-order chi connectivity index (χ0) is 19.1. The molecule has 2 N–H and O–H groups in total. The van der Waals surface area contributed by atoms with Gasteiger partial charge in [-0.05, 0) is 35.4 Å². The van der Waals surface area contributed by atoms with Crippen LogP contribution in [0.15, 0.2) is 84.9 Å². The van der Waals surface area contributed by atoms with Crippen LogP contribution in [0.1, 0.15) is 18.1 Å². The summed E-state index contributed by atoms with van der Waals surface area (Å²) in [6.07, 6.45) is 1.86. The van der Waals surface area contributed by atoms with Crippen molar-refractivity contribution in [1.82, 2.24) is 0 Å². The van der Waals surface area contributed by atoms with Crippen molar-refractivity contribution in [2.45, 2.75) is 6.92 Å². The van der Waals surface area contributed by atoms with Crippen LogP contribution in [0.4, 0.5) is 11.4 Å². The Kier molecular flexibility index (Phi) is 5.80. The molecule has 0 saturated heterocycles. The minimum atomic E-state index is -0.218. The summed E-state index contributed by atoms with van der Waals surface area (Å²) in [6.45, 7) is 1.45. The van der Waals surface area contributed by atoms with Crippen molar-refractivity contribution in [2.24, 2.45) is 0 Å². The van der Waals surface area contributed by atoms with Crippen molar-refractivity contribution in [1.29, 1.82) is 0 Å². The summed E-state index contributed by atoms with van der Waals surface area (Å²) in [5.74, 6) is -0.377. The number of carbonyl (C=O) groups is 2. The summed E-state index contributed by atoms with van der Waals surface area (Å²) < 4.78 is 0. The van der Waals surface area contributed by atoms with Gasteiger partial charge in [-0.3, -0.25) is 9.59 Å². The molecule has 134 valence electrons. The summed E-state index contributed by atoms with van der Waals surface area (Å²) >= 11 is 0. The summed E-state index contributed by atoms with van der Waals surface area (Å²) in [6, 6.07) is 26.3. The molecular formula is C23H20N2O2. The van der Waals surface area contributed by atoms with Crippen LogP contribution in [0.3, 0.4) is 0 Å². The largest absolute Gasteiger partial charge is 0.326 e. The van der Waals surface area contributed by atoms with Crippen LogP contribution in [0, 0.1) is 0 Å². The van der Waals surface area contributed by atoms with Crippen molar-refractivity contribution >= 4 is 34.8 Å². The average Bonchev–Trinajstić information content (AvgIpc) is 2.67. The van der Waals surface area contributed by atoms with Crippen molar-refractivity contribution in [2.75, 3.05) is 10.6 Å². The smallest absolute Gasteiger partial charge is 0.256 e. The molecule has 0 bridgehead atoms. The molecule has 0 aromatic heterocycles. The third kappa shape index (κ3) is 5.16. The number of amides is 2. The van der Waals surface area contributed by atoms with E-state index in [1.165, 1.54) is 6.92 Å². The Morgan fingerprint density at radius 1 is 0.741 bits per heavy atom. The second-order valence-electron chi connectivity index (χ2n) is 6.05. The van der Waals surface area contributed by atoms with Gasteiger partial charge in [-0.1, -0.05) is 66.7 Å². The Balaban J connectivity index is 1.90. The van der Waals surface area contributed by atoms with Crippen molar-refractivity contribution in [3.63, 3.8) is 0 Å². The van der Waals surface area contributed by atoms with Gasteiger partial charge in [-0.2, -0.15) is 0 Å². The summed E-state index contributed by atoms with van der Waals surface area (Å²) in [5, 5.41) is 5.63. The van der Waals surface area contributed by atoms with E-state index in [-0.39, 0.29) is 11.8 Å². The number of hydrogen-bond donors (Lipinski definition) is 2. The van der Waals surface area contributed by atoms with Crippen LogP contribution < -0.4 is 10.6 Å². The predicted octanol–water partition coefficient (Wildman–Crippen LogP) is 4.82. The van der Waals surface area contributed by atoms with Crippen LogP contribution in [0.2, 0.25) is 0 Å². The lowest BCUT2D eigenvalue weighted by Crippen LogP contribution is -2.14. The number of nitrogens with one attached hydrogen (secondary N) is 2. The maximum atomic E-state index is 13.0. The Morgan fingerprint density at radius 3 is 1.96 bits per heavy atom. The molecule has 4 nitrogen and oxygen atoms in total. The van der Waals surface area contributed by atoms with Gasteiger partial charge in [0, 0.05) is 23.9 Å². The van der Waals surface area contributed by atoms with Crippen LogP contribution in [-0.4, -0.2) is 11.8 Å². The Bertz CT molecular complexity index is 964. The number of carbonyl (C=O) groups excluding carboxylic acids is 2. The van der Waals surface area contributed by atoms with Crippen LogP contribution in [0.5, 0.6) is 0 Å². The first-order chi connectivity index (χ1) is 13.1. The van der Waals surface area contributed by atoms with Crippen LogP contribution in [0.25, 0.3) is 11.6 Å². The second kappa shape index (κ2) is 8.63. The van der Waals surface area contributed by atoms with E-state index in [1.807, 2.05) is 66.7 Å². The van der Waals surface area contributed by atoms with E-state index in [0.29, 0.717) is 16.9 Å². The van der Waals surface area contributed by atoms with Gasteiger partial charge in [0.25, 0.3) is 5.91 Å². The van der Waals surface area contributed by atoms with E-state index < -0.39 is 0 Å². The first-order valence-corrected chi connectivity index (χ1v) is 8.63. The molecule has 0 atom stereocenters. The lowest BCUT2D eigenvalue weighted by Gasteiger charge is -2.11. The number of hydrogen-bond acceptors (Lipinski definition) is 2. The summed E-state index contributed by atoms with van der Waals surface area (Å²) in [5.41, 5.74) is 3.58. The minimum absolute atomic E-state index is 0.160. The maximum absolute atomic E-state index is 13.0. The number of anilines is 2. The maximum Gasteiger partial charge on any atom is 0.256 e. The average molecular weight is 356 g/mol. The topological polar surface area (TPSA) is 58.2 Å². The molecule has 0 fully saturated rings. The molecular weight excluding hydrogens is 336 g/mol. The standard InChI is InChI=1S/C23H20N2O2/c1-17(26)24-20-13-8-14-21(16-20)25-23(27)22(19-11-6-3-7-12-19)15-18-9-4-2-5-10-18/h2-16H,1H3,(H,24,26)(H,25,27). The fourth-order valence-corrected chi connectivity index (χ4v) is 2.69. The minimum Gasteiger partial charge on any atom is -0.326 e. The molecule has 0 unspecified atom stereocenters. The van der Waals surface area contributed by atoms with Gasteiger partial charge in [0.1, 0.15) is 0 Å².